The number of benzene rings is 10. The summed E-state index contributed by atoms with van der Waals surface area (Å²) in [6.07, 6.45) is 0. The van der Waals surface area contributed by atoms with Gasteiger partial charge in [-0.3, -0.25) is 0 Å². The molecule has 0 aliphatic carbocycles. The zero-order chi connectivity index (χ0) is 34.4. The molecule has 0 aromatic heterocycles. The molecule has 0 aliphatic heterocycles. The molecule has 0 heteroatoms. The van der Waals surface area contributed by atoms with Crippen LogP contribution in [-0.4, -0.2) is 0 Å². The van der Waals surface area contributed by atoms with E-state index in [4.69, 9.17) is 0 Å². The van der Waals surface area contributed by atoms with E-state index in [1.165, 1.54) is 98.7 Å². The van der Waals surface area contributed by atoms with E-state index < -0.39 is 0 Å². The fourth-order valence-electron chi connectivity index (χ4n) is 8.04. The molecule has 0 fully saturated rings. The largest absolute Gasteiger partial charge is 0.0622 e. The summed E-state index contributed by atoms with van der Waals surface area (Å²) >= 11 is 0. The van der Waals surface area contributed by atoms with Gasteiger partial charge in [-0.25, -0.2) is 0 Å². The quantitative estimate of drug-likeness (QED) is 0.161. The fourth-order valence-corrected chi connectivity index (χ4v) is 8.04. The molecule has 52 heavy (non-hydrogen) atoms. The molecule has 0 saturated heterocycles. The molecule has 10 aromatic carbocycles. The SMILES string of the molecule is c1ccc(-c2ccc3c(-c4ccc5ccccc5c4)c4cc(-c5ccccc5)ccc4c(-c4cccc(-c5ccc6ccccc6c5)c4)c3c2)cc1. The smallest absolute Gasteiger partial charge is 0.00259 e. The Morgan fingerprint density at radius 1 is 0.173 bits per heavy atom. The van der Waals surface area contributed by atoms with Gasteiger partial charge in [0.2, 0.25) is 0 Å². The van der Waals surface area contributed by atoms with Gasteiger partial charge in [0.25, 0.3) is 0 Å². The van der Waals surface area contributed by atoms with E-state index in [1.807, 2.05) is 0 Å². The lowest BCUT2D eigenvalue weighted by molar-refractivity contribution is 1.61. The maximum Gasteiger partial charge on any atom is -0.00259 e. The normalized spacial score (nSPS) is 11.5. The lowest BCUT2D eigenvalue weighted by Crippen LogP contribution is -1.93. The third-order valence-corrected chi connectivity index (χ3v) is 10.6. The highest BCUT2D eigenvalue weighted by atomic mass is 14.2. The third-order valence-electron chi connectivity index (χ3n) is 10.6. The monoisotopic (exact) mass is 658 g/mol. The van der Waals surface area contributed by atoms with Gasteiger partial charge in [0.15, 0.2) is 0 Å². The lowest BCUT2D eigenvalue weighted by Gasteiger charge is -2.20. The molecular weight excluding hydrogens is 625 g/mol. The first kappa shape index (κ1) is 30.1. The van der Waals surface area contributed by atoms with E-state index in [0.717, 1.165) is 0 Å². The Labute approximate surface area is 303 Å². The molecule has 0 atom stereocenters. The summed E-state index contributed by atoms with van der Waals surface area (Å²) in [7, 11) is 0. The summed E-state index contributed by atoms with van der Waals surface area (Å²) in [6.45, 7) is 0. The Kier molecular flexibility index (Phi) is 7.25. The van der Waals surface area contributed by atoms with Crippen LogP contribution in [0.4, 0.5) is 0 Å². The second kappa shape index (κ2) is 12.5. The summed E-state index contributed by atoms with van der Waals surface area (Å²) in [5, 5.41) is 10.00. The summed E-state index contributed by atoms with van der Waals surface area (Å²) in [5.74, 6) is 0. The minimum absolute atomic E-state index is 1.21. The maximum atomic E-state index is 2.41. The van der Waals surface area contributed by atoms with Gasteiger partial charge in [0, 0.05) is 0 Å². The highest BCUT2D eigenvalue weighted by Gasteiger charge is 2.19. The van der Waals surface area contributed by atoms with Crippen molar-refractivity contribution in [1.82, 2.24) is 0 Å². The van der Waals surface area contributed by atoms with Crippen molar-refractivity contribution in [2.75, 3.05) is 0 Å². The first-order chi connectivity index (χ1) is 25.8. The highest BCUT2D eigenvalue weighted by Crippen LogP contribution is 2.47. The van der Waals surface area contributed by atoms with Gasteiger partial charge in [0.1, 0.15) is 0 Å². The average Bonchev–Trinajstić information content (AvgIpc) is 3.22. The molecule has 0 heterocycles. The Hall–Kier alpha value is -6.76. The van der Waals surface area contributed by atoms with Crippen LogP contribution in [0.3, 0.4) is 0 Å². The Morgan fingerprint density at radius 2 is 0.538 bits per heavy atom. The van der Waals surface area contributed by atoms with Crippen LogP contribution in [-0.2, 0) is 0 Å². The minimum Gasteiger partial charge on any atom is -0.0622 e. The predicted octanol–water partition coefficient (Wildman–Crippen LogP) is 14.6. The predicted molar refractivity (Wildman–Crippen MR) is 224 cm³/mol. The van der Waals surface area contributed by atoms with Gasteiger partial charge in [-0.15, -0.1) is 0 Å². The van der Waals surface area contributed by atoms with Crippen LogP contribution in [0.25, 0.3) is 98.7 Å². The summed E-state index contributed by atoms with van der Waals surface area (Å²) in [6, 6.07) is 75.8. The van der Waals surface area contributed by atoms with Crippen molar-refractivity contribution in [3.05, 3.63) is 206 Å². The van der Waals surface area contributed by atoms with E-state index in [-0.39, 0.29) is 0 Å². The molecule has 0 unspecified atom stereocenters. The van der Waals surface area contributed by atoms with E-state index in [2.05, 4.69) is 206 Å². The van der Waals surface area contributed by atoms with E-state index in [1.54, 1.807) is 0 Å². The van der Waals surface area contributed by atoms with Crippen LogP contribution in [0, 0.1) is 0 Å². The highest BCUT2D eigenvalue weighted by molar-refractivity contribution is 6.23. The molecule has 0 amide bonds. The molecule has 0 spiro atoms. The number of fused-ring (bicyclic) bond motifs is 4. The van der Waals surface area contributed by atoms with Crippen molar-refractivity contribution < 1.29 is 0 Å². The van der Waals surface area contributed by atoms with Crippen LogP contribution in [0.1, 0.15) is 0 Å². The van der Waals surface area contributed by atoms with Crippen LogP contribution in [0.15, 0.2) is 206 Å². The summed E-state index contributed by atoms with van der Waals surface area (Å²) < 4.78 is 0. The van der Waals surface area contributed by atoms with E-state index in [0.29, 0.717) is 0 Å². The lowest BCUT2D eigenvalue weighted by atomic mass is 9.83. The second-order valence-electron chi connectivity index (χ2n) is 13.7. The van der Waals surface area contributed by atoms with Crippen LogP contribution in [0.2, 0.25) is 0 Å². The molecule has 0 nitrogen and oxygen atoms in total. The molecule has 10 aromatic rings. The van der Waals surface area contributed by atoms with Crippen molar-refractivity contribution in [2.45, 2.75) is 0 Å². The standard InChI is InChI=1S/C52H34/c1-3-12-35(13-4-1)43-27-29-48-49(33-43)51(45-21-11-20-41(32-45)42-24-22-37-16-7-9-18-39(37)30-42)47-28-26-44(36-14-5-2-6-15-36)34-50(47)52(48)46-25-23-38-17-8-10-19-40(38)31-46/h1-34H. The van der Waals surface area contributed by atoms with E-state index in [9.17, 15) is 0 Å². The number of rotatable bonds is 5. The van der Waals surface area contributed by atoms with Crippen LogP contribution < -0.4 is 0 Å². The topological polar surface area (TPSA) is 0 Å². The molecular formula is C52H34. The second-order valence-corrected chi connectivity index (χ2v) is 13.7. The molecule has 0 bridgehead atoms. The van der Waals surface area contributed by atoms with Crippen molar-refractivity contribution in [1.29, 1.82) is 0 Å². The Bertz CT molecular complexity index is 2940. The number of hydrogen-bond acceptors (Lipinski definition) is 0. The first-order valence-corrected chi connectivity index (χ1v) is 18.0. The average molecular weight is 659 g/mol. The molecule has 0 radical (unpaired) electrons. The molecule has 0 saturated carbocycles. The Morgan fingerprint density at radius 3 is 1.10 bits per heavy atom. The van der Waals surface area contributed by atoms with E-state index >= 15 is 0 Å². The molecule has 0 aliphatic rings. The van der Waals surface area contributed by atoms with Gasteiger partial charge >= 0.3 is 0 Å². The molecule has 10 rings (SSSR count). The third kappa shape index (κ3) is 5.25. The zero-order valence-electron chi connectivity index (χ0n) is 28.6. The van der Waals surface area contributed by atoms with Gasteiger partial charge in [-0.05, 0) is 129 Å². The van der Waals surface area contributed by atoms with Crippen LogP contribution in [0.5, 0.6) is 0 Å². The summed E-state index contributed by atoms with van der Waals surface area (Å²) in [4.78, 5) is 0. The first-order valence-electron chi connectivity index (χ1n) is 18.0. The van der Waals surface area contributed by atoms with Crippen molar-refractivity contribution in [3.8, 4) is 55.6 Å². The van der Waals surface area contributed by atoms with Gasteiger partial charge in [-0.1, -0.05) is 176 Å². The molecule has 0 N–H and O–H groups in total. The maximum absolute atomic E-state index is 2.41. The van der Waals surface area contributed by atoms with Gasteiger partial charge in [-0.2, -0.15) is 0 Å². The fraction of sp³-hybridized carbons (Fsp3) is 0. The van der Waals surface area contributed by atoms with Gasteiger partial charge in [0.05, 0.1) is 0 Å². The van der Waals surface area contributed by atoms with Crippen molar-refractivity contribution >= 4 is 43.1 Å². The number of hydrogen-bond donors (Lipinski definition) is 0. The van der Waals surface area contributed by atoms with Gasteiger partial charge < -0.3 is 0 Å². The Balaban J connectivity index is 1.30. The molecule has 242 valence electrons. The summed E-state index contributed by atoms with van der Waals surface area (Å²) in [5.41, 5.74) is 12.3. The van der Waals surface area contributed by atoms with Crippen LogP contribution >= 0.6 is 0 Å². The zero-order valence-corrected chi connectivity index (χ0v) is 28.6. The van der Waals surface area contributed by atoms with Crippen molar-refractivity contribution in [3.63, 3.8) is 0 Å². The van der Waals surface area contributed by atoms with Crippen molar-refractivity contribution in [2.24, 2.45) is 0 Å². The minimum atomic E-state index is 1.21.